The van der Waals surface area contributed by atoms with E-state index in [2.05, 4.69) is 34.4 Å². The van der Waals surface area contributed by atoms with Crippen LogP contribution in [-0.4, -0.2) is 32.5 Å². The number of nitrogens with one attached hydrogen (secondary N) is 1. The SMILES string of the molecule is CC1(C)CN(C(=O)c2csc(-c3ccsc3)n2)Cc2cn[nH]c21. The summed E-state index contributed by atoms with van der Waals surface area (Å²) in [6, 6.07) is 2.03. The lowest BCUT2D eigenvalue weighted by Crippen LogP contribution is -2.45. The smallest absolute Gasteiger partial charge is 0.273 e. The van der Waals surface area contributed by atoms with Crippen molar-refractivity contribution in [2.24, 2.45) is 0 Å². The minimum absolute atomic E-state index is 0.0114. The summed E-state index contributed by atoms with van der Waals surface area (Å²) in [7, 11) is 0. The van der Waals surface area contributed by atoms with Crippen molar-refractivity contribution < 1.29 is 4.79 Å². The van der Waals surface area contributed by atoms with E-state index in [1.807, 2.05) is 27.9 Å². The zero-order chi connectivity index (χ0) is 16.0. The highest BCUT2D eigenvalue weighted by atomic mass is 32.1. The Balaban J connectivity index is 1.61. The standard InChI is InChI=1S/C16H16N4OS2/c1-16(2)9-20(6-11-5-17-19-13(11)16)15(21)12-8-23-14(18-12)10-3-4-22-7-10/h3-5,7-8H,6,9H2,1-2H3,(H,17,19). The first-order chi connectivity index (χ1) is 11.0. The maximum absolute atomic E-state index is 12.8. The van der Waals surface area contributed by atoms with Crippen molar-refractivity contribution in [3.63, 3.8) is 0 Å². The number of thiophene rings is 1. The monoisotopic (exact) mass is 344 g/mol. The van der Waals surface area contributed by atoms with Gasteiger partial charge in [0.15, 0.2) is 0 Å². The number of hydrogen-bond donors (Lipinski definition) is 1. The average Bonchev–Trinajstić information content (AvgIpc) is 3.25. The molecule has 0 bridgehead atoms. The van der Waals surface area contributed by atoms with Crippen LogP contribution in [0.3, 0.4) is 0 Å². The first kappa shape index (κ1) is 14.6. The fourth-order valence-corrected chi connectivity index (χ4v) is 4.54. The largest absolute Gasteiger partial charge is 0.332 e. The molecule has 23 heavy (non-hydrogen) atoms. The molecule has 0 saturated carbocycles. The molecule has 1 N–H and O–H groups in total. The van der Waals surface area contributed by atoms with Gasteiger partial charge in [0, 0.05) is 46.1 Å². The highest BCUT2D eigenvalue weighted by Gasteiger charge is 2.36. The molecule has 0 radical (unpaired) electrons. The summed E-state index contributed by atoms with van der Waals surface area (Å²) >= 11 is 3.15. The first-order valence-electron chi connectivity index (χ1n) is 7.35. The predicted octanol–water partition coefficient (Wildman–Crippen LogP) is 3.53. The van der Waals surface area contributed by atoms with Crippen molar-refractivity contribution >= 4 is 28.6 Å². The van der Waals surface area contributed by atoms with Crippen LogP contribution in [0.2, 0.25) is 0 Å². The first-order valence-corrected chi connectivity index (χ1v) is 9.17. The van der Waals surface area contributed by atoms with Gasteiger partial charge in [-0.1, -0.05) is 13.8 Å². The number of nitrogens with zero attached hydrogens (tertiary/aromatic N) is 3. The molecule has 0 atom stereocenters. The van der Waals surface area contributed by atoms with E-state index in [-0.39, 0.29) is 11.3 Å². The quantitative estimate of drug-likeness (QED) is 0.773. The van der Waals surface area contributed by atoms with Crippen molar-refractivity contribution in [3.8, 4) is 10.6 Å². The summed E-state index contributed by atoms with van der Waals surface area (Å²) in [6.07, 6.45) is 1.81. The van der Waals surface area contributed by atoms with Crippen molar-refractivity contribution in [2.45, 2.75) is 25.8 Å². The number of aromatic nitrogens is 3. The Morgan fingerprint density at radius 3 is 3.04 bits per heavy atom. The van der Waals surface area contributed by atoms with E-state index in [1.54, 1.807) is 11.3 Å². The zero-order valence-corrected chi connectivity index (χ0v) is 14.5. The Hall–Kier alpha value is -1.99. The molecule has 3 aromatic rings. The van der Waals surface area contributed by atoms with Crippen molar-refractivity contribution in [1.29, 1.82) is 0 Å². The van der Waals surface area contributed by atoms with Gasteiger partial charge in [-0.3, -0.25) is 9.89 Å². The predicted molar refractivity (Wildman–Crippen MR) is 91.8 cm³/mol. The number of amides is 1. The van der Waals surface area contributed by atoms with E-state index in [9.17, 15) is 4.79 Å². The maximum atomic E-state index is 12.8. The van der Waals surface area contributed by atoms with E-state index in [1.165, 1.54) is 11.3 Å². The maximum Gasteiger partial charge on any atom is 0.273 e. The molecule has 0 unspecified atom stereocenters. The van der Waals surface area contributed by atoms with Crippen molar-refractivity contribution in [3.05, 3.63) is 45.4 Å². The summed E-state index contributed by atoms with van der Waals surface area (Å²) < 4.78 is 0. The van der Waals surface area contributed by atoms with Gasteiger partial charge < -0.3 is 4.90 Å². The molecule has 7 heteroatoms. The Morgan fingerprint density at radius 1 is 1.39 bits per heavy atom. The number of fused-ring (bicyclic) bond motifs is 1. The Bertz CT molecular complexity index is 847. The lowest BCUT2D eigenvalue weighted by atomic mass is 9.83. The van der Waals surface area contributed by atoms with Crippen LogP contribution < -0.4 is 0 Å². The fraction of sp³-hybridized carbons (Fsp3) is 0.312. The van der Waals surface area contributed by atoms with E-state index in [4.69, 9.17) is 0 Å². The molecule has 4 heterocycles. The third kappa shape index (κ3) is 2.49. The van der Waals surface area contributed by atoms with Crippen molar-refractivity contribution in [1.82, 2.24) is 20.1 Å². The highest BCUT2D eigenvalue weighted by Crippen LogP contribution is 2.33. The molecule has 118 valence electrons. The molecular weight excluding hydrogens is 328 g/mol. The molecule has 5 nitrogen and oxygen atoms in total. The van der Waals surface area contributed by atoms with Crippen LogP contribution >= 0.6 is 22.7 Å². The average molecular weight is 344 g/mol. The van der Waals surface area contributed by atoms with Gasteiger partial charge in [-0.2, -0.15) is 16.4 Å². The Labute approximate surface area is 142 Å². The van der Waals surface area contributed by atoms with Gasteiger partial charge >= 0.3 is 0 Å². The summed E-state index contributed by atoms with van der Waals surface area (Å²) in [5.41, 5.74) is 3.68. The third-order valence-electron chi connectivity index (χ3n) is 4.12. The van der Waals surface area contributed by atoms with E-state index >= 15 is 0 Å². The molecule has 1 amide bonds. The number of rotatable bonds is 2. The van der Waals surface area contributed by atoms with Gasteiger partial charge in [0.05, 0.1) is 6.20 Å². The highest BCUT2D eigenvalue weighted by molar-refractivity contribution is 7.14. The molecule has 0 saturated heterocycles. The van der Waals surface area contributed by atoms with Crippen LogP contribution in [0.15, 0.2) is 28.4 Å². The molecule has 1 aliphatic rings. The van der Waals surface area contributed by atoms with Gasteiger partial charge in [-0.15, -0.1) is 11.3 Å². The van der Waals surface area contributed by atoms with Gasteiger partial charge in [0.2, 0.25) is 0 Å². The summed E-state index contributed by atoms with van der Waals surface area (Å²) in [5, 5.41) is 14.0. The zero-order valence-electron chi connectivity index (χ0n) is 12.9. The fourth-order valence-electron chi connectivity index (χ4n) is 3.03. The molecular formula is C16H16N4OS2. The normalized spacial score (nSPS) is 16.3. The van der Waals surface area contributed by atoms with Gasteiger partial charge in [-0.25, -0.2) is 4.98 Å². The van der Waals surface area contributed by atoms with Gasteiger partial charge in [0.25, 0.3) is 5.91 Å². The van der Waals surface area contributed by atoms with Crippen LogP contribution in [0, 0.1) is 0 Å². The number of thiazole rings is 1. The minimum Gasteiger partial charge on any atom is -0.332 e. The minimum atomic E-state index is -0.133. The Morgan fingerprint density at radius 2 is 2.26 bits per heavy atom. The summed E-state index contributed by atoms with van der Waals surface area (Å²) in [6.45, 7) is 5.49. The van der Waals surface area contributed by atoms with Crippen LogP contribution in [0.5, 0.6) is 0 Å². The van der Waals surface area contributed by atoms with E-state index in [0.29, 0.717) is 18.8 Å². The second-order valence-corrected chi connectivity index (χ2v) is 8.00. The van der Waals surface area contributed by atoms with Crippen LogP contribution in [-0.2, 0) is 12.0 Å². The molecule has 3 aromatic heterocycles. The van der Waals surface area contributed by atoms with Crippen LogP contribution in [0.1, 0.15) is 35.6 Å². The molecule has 0 aliphatic carbocycles. The molecule has 0 fully saturated rings. The Kier molecular flexibility index (Phi) is 3.35. The molecule has 1 aliphatic heterocycles. The summed E-state index contributed by atoms with van der Waals surface area (Å²) in [4.78, 5) is 19.2. The number of H-pyrrole nitrogens is 1. The molecule has 0 aromatic carbocycles. The second-order valence-electron chi connectivity index (χ2n) is 6.37. The van der Waals surface area contributed by atoms with Crippen molar-refractivity contribution in [2.75, 3.05) is 6.54 Å². The van der Waals surface area contributed by atoms with E-state index < -0.39 is 0 Å². The topological polar surface area (TPSA) is 61.9 Å². The van der Waals surface area contributed by atoms with Gasteiger partial charge in [0.1, 0.15) is 10.7 Å². The second kappa shape index (κ2) is 5.28. The lowest BCUT2D eigenvalue weighted by molar-refractivity contribution is 0.0679. The summed E-state index contributed by atoms with van der Waals surface area (Å²) in [5.74, 6) is -0.0114. The van der Waals surface area contributed by atoms with Crippen LogP contribution in [0.25, 0.3) is 10.6 Å². The number of hydrogen-bond acceptors (Lipinski definition) is 5. The number of carbonyl (C=O) groups is 1. The van der Waals surface area contributed by atoms with E-state index in [0.717, 1.165) is 21.8 Å². The lowest BCUT2D eigenvalue weighted by Gasteiger charge is -2.37. The molecule has 0 spiro atoms. The number of aromatic amines is 1. The van der Waals surface area contributed by atoms with Gasteiger partial charge in [-0.05, 0) is 11.4 Å². The van der Waals surface area contributed by atoms with Crippen LogP contribution in [0.4, 0.5) is 0 Å². The molecule has 4 rings (SSSR count). The third-order valence-corrected chi connectivity index (χ3v) is 5.70. The number of carbonyl (C=O) groups excluding carboxylic acids is 1.